The highest BCUT2D eigenvalue weighted by molar-refractivity contribution is 5.89. The lowest BCUT2D eigenvalue weighted by atomic mass is 9.97. The van der Waals surface area contributed by atoms with E-state index in [1.54, 1.807) is 18.5 Å². The number of aromatic carboxylic acids is 1. The minimum atomic E-state index is -1.15. The van der Waals surface area contributed by atoms with Gasteiger partial charge in [0.15, 0.2) is 5.43 Å². The first-order valence-corrected chi connectivity index (χ1v) is 5.22. The molecule has 0 aliphatic heterocycles. The Labute approximate surface area is 94.5 Å². The zero-order valence-corrected chi connectivity index (χ0v) is 10.3. The van der Waals surface area contributed by atoms with E-state index in [4.69, 9.17) is 5.11 Å². The lowest BCUT2D eigenvalue weighted by Gasteiger charge is -2.17. The smallest absolute Gasteiger partial charge is 0.341 e. The second kappa shape index (κ2) is 4.12. The van der Waals surface area contributed by atoms with Crippen LogP contribution >= 0.6 is 0 Å². The van der Waals surface area contributed by atoms with E-state index < -0.39 is 5.97 Å². The molecule has 4 heteroatoms. The maximum atomic E-state index is 12.1. The van der Waals surface area contributed by atoms with Crippen molar-refractivity contribution in [2.24, 2.45) is 7.05 Å². The zero-order chi connectivity index (χ0) is 12.6. The second-order valence-corrected chi connectivity index (χ2v) is 4.31. The summed E-state index contributed by atoms with van der Waals surface area (Å²) in [4.78, 5) is 23.1. The van der Waals surface area contributed by atoms with Gasteiger partial charge in [0.05, 0.1) is 0 Å². The van der Waals surface area contributed by atoms with Gasteiger partial charge in [0, 0.05) is 24.0 Å². The van der Waals surface area contributed by atoms with Gasteiger partial charge in [-0.2, -0.15) is 0 Å². The highest BCUT2D eigenvalue weighted by Crippen LogP contribution is 2.17. The molecule has 0 atom stereocenters. The molecule has 0 bridgehead atoms. The number of hydrogen-bond donors (Lipinski definition) is 1. The number of carboxylic acid groups (broad SMARTS) is 1. The van der Waals surface area contributed by atoms with Gasteiger partial charge in [0.1, 0.15) is 5.56 Å². The summed E-state index contributed by atoms with van der Waals surface area (Å²) in [5.74, 6) is -1.13. The molecule has 0 fully saturated rings. The van der Waals surface area contributed by atoms with E-state index in [1.807, 2.05) is 20.8 Å². The standard InChI is InChI=1S/C12H17NO3/c1-6(2)9-7(3)13(5)8(4)10(11(9)14)12(15)16/h6H,1-5H3,(H,15,16). The Balaban J connectivity index is 3.81. The van der Waals surface area contributed by atoms with Crippen molar-refractivity contribution in [2.75, 3.05) is 0 Å². The molecular formula is C12H17NO3. The molecule has 0 saturated heterocycles. The van der Waals surface area contributed by atoms with Gasteiger partial charge in [-0.3, -0.25) is 4.79 Å². The first kappa shape index (κ1) is 12.5. The Hall–Kier alpha value is -1.58. The van der Waals surface area contributed by atoms with Gasteiger partial charge in [-0.25, -0.2) is 4.79 Å². The first-order valence-electron chi connectivity index (χ1n) is 5.22. The van der Waals surface area contributed by atoms with Crippen molar-refractivity contribution in [2.45, 2.75) is 33.6 Å². The van der Waals surface area contributed by atoms with Gasteiger partial charge >= 0.3 is 5.97 Å². The molecule has 0 spiro atoms. The van der Waals surface area contributed by atoms with Crippen LogP contribution in [-0.2, 0) is 7.05 Å². The maximum absolute atomic E-state index is 12.1. The molecule has 1 heterocycles. The summed E-state index contributed by atoms with van der Waals surface area (Å²) < 4.78 is 1.76. The third-order valence-corrected chi connectivity index (χ3v) is 3.02. The van der Waals surface area contributed by atoms with Crippen LogP contribution in [0.3, 0.4) is 0 Å². The molecule has 1 rings (SSSR count). The highest BCUT2D eigenvalue weighted by Gasteiger charge is 2.21. The van der Waals surface area contributed by atoms with Crippen LogP contribution in [0.25, 0.3) is 0 Å². The lowest BCUT2D eigenvalue weighted by molar-refractivity contribution is 0.0693. The molecule has 0 saturated carbocycles. The number of pyridine rings is 1. The molecule has 0 unspecified atom stereocenters. The molecule has 4 nitrogen and oxygen atoms in total. The SMILES string of the molecule is Cc1c(C(=O)O)c(=O)c(C(C)C)c(C)n1C. The van der Waals surface area contributed by atoms with Crippen LogP contribution in [0.4, 0.5) is 0 Å². The van der Waals surface area contributed by atoms with Crippen molar-refractivity contribution in [1.82, 2.24) is 4.57 Å². The van der Waals surface area contributed by atoms with Crippen LogP contribution in [0, 0.1) is 13.8 Å². The Morgan fingerprint density at radius 2 is 1.75 bits per heavy atom. The molecule has 1 aromatic rings. The molecular weight excluding hydrogens is 206 g/mol. The molecule has 0 aromatic carbocycles. The Morgan fingerprint density at radius 1 is 1.25 bits per heavy atom. The number of hydrogen-bond acceptors (Lipinski definition) is 2. The predicted octanol–water partition coefficient (Wildman–Crippen LogP) is 1.82. The summed E-state index contributed by atoms with van der Waals surface area (Å²) in [6, 6.07) is 0. The Kier molecular flexibility index (Phi) is 3.21. The zero-order valence-electron chi connectivity index (χ0n) is 10.3. The highest BCUT2D eigenvalue weighted by atomic mass is 16.4. The number of carbonyl (C=O) groups is 1. The number of nitrogens with zero attached hydrogens (tertiary/aromatic N) is 1. The fourth-order valence-corrected chi connectivity index (χ4v) is 2.00. The topological polar surface area (TPSA) is 59.3 Å². The molecule has 88 valence electrons. The quantitative estimate of drug-likeness (QED) is 0.832. The number of rotatable bonds is 2. The van der Waals surface area contributed by atoms with Crippen molar-refractivity contribution in [1.29, 1.82) is 0 Å². The van der Waals surface area contributed by atoms with E-state index in [-0.39, 0.29) is 16.9 Å². The van der Waals surface area contributed by atoms with E-state index >= 15 is 0 Å². The van der Waals surface area contributed by atoms with Crippen LogP contribution in [0.1, 0.15) is 47.1 Å². The van der Waals surface area contributed by atoms with Crippen LogP contribution in [0.2, 0.25) is 0 Å². The first-order chi connectivity index (χ1) is 7.29. The minimum Gasteiger partial charge on any atom is -0.477 e. The molecule has 1 aromatic heterocycles. The summed E-state index contributed by atoms with van der Waals surface area (Å²) in [6.07, 6.45) is 0. The fraction of sp³-hybridized carbons (Fsp3) is 0.500. The average molecular weight is 223 g/mol. The van der Waals surface area contributed by atoms with Crippen LogP contribution < -0.4 is 5.43 Å². The van der Waals surface area contributed by atoms with Gasteiger partial charge in [0.25, 0.3) is 0 Å². The average Bonchev–Trinajstić information content (AvgIpc) is 2.13. The van der Waals surface area contributed by atoms with Gasteiger partial charge in [-0.1, -0.05) is 13.8 Å². The van der Waals surface area contributed by atoms with Crippen molar-refractivity contribution in [3.63, 3.8) is 0 Å². The maximum Gasteiger partial charge on any atom is 0.341 e. The van der Waals surface area contributed by atoms with E-state index in [2.05, 4.69) is 0 Å². The fourth-order valence-electron chi connectivity index (χ4n) is 2.00. The number of aromatic nitrogens is 1. The van der Waals surface area contributed by atoms with Crippen molar-refractivity contribution in [3.8, 4) is 0 Å². The summed E-state index contributed by atoms with van der Waals surface area (Å²) in [5.41, 5.74) is 1.46. The van der Waals surface area contributed by atoms with Crippen molar-refractivity contribution in [3.05, 3.63) is 32.7 Å². The molecule has 0 amide bonds. The van der Waals surface area contributed by atoms with Crippen molar-refractivity contribution < 1.29 is 9.90 Å². The molecule has 0 radical (unpaired) electrons. The van der Waals surface area contributed by atoms with Gasteiger partial charge in [-0.15, -0.1) is 0 Å². The second-order valence-electron chi connectivity index (χ2n) is 4.31. The summed E-state index contributed by atoms with van der Waals surface area (Å²) in [5, 5.41) is 9.05. The third-order valence-electron chi connectivity index (χ3n) is 3.02. The van der Waals surface area contributed by atoms with Crippen LogP contribution in [0.15, 0.2) is 4.79 Å². The van der Waals surface area contributed by atoms with Crippen LogP contribution in [0.5, 0.6) is 0 Å². The van der Waals surface area contributed by atoms with Gasteiger partial charge in [-0.05, 0) is 19.8 Å². The normalized spacial score (nSPS) is 10.9. The minimum absolute atomic E-state index is 0.0254. The molecule has 16 heavy (non-hydrogen) atoms. The third kappa shape index (κ3) is 1.75. The molecule has 0 aliphatic rings. The lowest BCUT2D eigenvalue weighted by Crippen LogP contribution is -2.27. The van der Waals surface area contributed by atoms with Crippen molar-refractivity contribution >= 4 is 5.97 Å². The summed E-state index contributed by atoms with van der Waals surface area (Å²) in [7, 11) is 1.78. The van der Waals surface area contributed by atoms with E-state index in [9.17, 15) is 9.59 Å². The summed E-state index contributed by atoms with van der Waals surface area (Å²) >= 11 is 0. The summed E-state index contributed by atoms with van der Waals surface area (Å²) in [6.45, 7) is 7.28. The Bertz CT molecular complexity index is 498. The molecule has 1 N–H and O–H groups in total. The molecule has 0 aliphatic carbocycles. The van der Waals surface area contributed by atoms with E-state index in [0.717, 1.165) is 5.69 Å². The largest absolute Gasteiger partial charge is 0.477 e. The van der Waals surface area contributed by atoms with E-state index in [0.29, 0.717) is 11.3 Å². The van der Waals surface area contributed by atoms with Gasteiger partial charge < -0.3 is 9.67 Å². The van der Waals surface area contributed by atoms with Crippen LogP contribution in [-0.4, -0.2) is 15.6 Å². The predicted molar refractivity (Wildman–Crippen MR) is 62.2 cm³/mol. The van der Waals surface area contributed by atoms with Gasteiger partial charge in [0.2, 0.25) is 0 Å². The number of carboxylic acids is 1. The van der Waals surface area contributed by atoms with E-state index in [1.165, 1.54) is 0 Å². The monoisotopic (exact) mass is 223 g/mol. The Morgan fingerprint density at radius 3 is 2.12 bits per heavy atom.